The lowest BCUT2D eigenvalue weighted by atomic mass is 10.0. The summed E-state index contributed by atoms with van der Waals surface area (Å²) in [6, 6.07) is 1.94. The third-order valence-corrected chi connectivity index (χ3v) is 4.80. The molecule has 1 saturated heterocycles. The third-order valence-electron chi connectivity index (χ3n) is 4.80. The molecule has 2 aromatic rings. The van der Waals surface area contributed by atoms with E-state index in [0.29, 0.717) is 24.7 Å². The van der Waals surface area contributed by atoms with Gasteiger partial charge in [0.05, 0.1) is 23.9 Å². The number of rotatable bonds is 4. The summed E-state index contributed by atoms with van der Waals surface area (Å²) in [5, 5.41) is 15.0. The Hall–Kier alpha value is -2.22. The Morgan fingerprint density at radius 2 is 2.22 bits per heavy atom. The molecule has 1 N–H and O–H groups in total. The number of H-pyrrole nitrogens is 1. The largest absolute Gasteiger partial charge is 0.379 e. The molecule has 8 heteroatoms. The van der Waals surface area contributed by atoms with Gasteiger partial charge in [-0.25, -0.2) is 0 Å². The van der Waals surface area contributed by atoms with E-state index >= 15 is 0 Å². The number of carbonyl (C=O) groups excluding carboxylic acids is 1. The first kappa shape index (κ1) is 14.4. The molecule has 4 rings (SSSR count). The summed E-state index contributed by atoms with van der Waals surface area (Å²) in [6.07, 6.45) is 4.00. The number of likely N-dealkylation sites (tertiary alicyclic amines) is 1. The zero-order valence-corrected chi connectivity index (χ0v) is 13.3. The van der Waals surface area contributed by atoms with E-state index in [1.807, 2.05) is 17.8 Å². The Labute approximate surface area is 133 Å². The van der Waals surface area contributed by atoms with Crippen molar-refractivity contribution in [2.45, 2.75) is 30.8 Å². The number of methoxy groups -OCH3 is 1. The van der Waals surface area contributed by atoms with E-state index in [0.717, 1.165) is 11.4 Å². The minimum Gasteiger partial charge on any atom is -0.379 e. The number of hydrogen-bond acceptors (Lipinski definition) is 5. The van der Waals surface area contributed by atoms with Crippen molar-refractivity contribution in [1.29, 1.82) is 0 Å². The Morgan fingerprint density at radius 1 is 1.39 bits per heavy atom. The van der Waals surface area contributed by atoms with Crippen LogP contribution in [0.15, 0.2) is 12.3 Å². The number of nitrogens with one attached hydrogen (secondary N) is 1. The minimum atomic E-state index is -0.0735. The van der Waals surface area contributed by atoms with Gasteiger partial charge in [-0.1, -0.05) is 0 Å². The molecule has 0 aromatic carbocycles. The van der Waals surface area contributed by atoms with Gasteiger partial charge >= 0.3 is 0 Å². The van der Waals surface area contributed by atoms with Gasteiger partial charge < -0.3 is 9.64 Å². The van der Waals surface area contributed by atoms with Gasteiger partial charge in [0.15, 0.2) is 5.69 Å². The Bertz CT molecular complexity index is 706. The molecule has 23 heavy (non-hydrogen) atoms. The molecule has 1 saturated carbocycles. The lowest BCUT2D eigenvalue weighted by molar-refractivity contribution is 0.0708. The number of carbonyl (C=O) groups is 1. The van der Waals surface area contributed by atoms with E-state index in [1.165, 1.54) is 12.8 Å². The zero-order valence-electron chi connectivity index (χ0n) is 13.3. The molecular weight excluding hydrogens is 296 g/mol. The van der Waals surface area contributed by atoms with E-state index in [1.54, 1.807) is 18.2 Å². The highest BCUT2D eigenvalue weighted by molar-refractivity contribution is 5.92. The van der Waals surface area contributed by atoms with E-state index < -0.39 is 0 Å². The summed E-state index contributed by atoms with van der Waals surface area (Å²) in [4.78, 5) is 14.6. The summed E-state index contributed by atoms with van der Waals surface area (Å²) in [5.74, 6) is 0.567. The maximum absolute atomic E-state index is 12.8. The van der Waals surface area contributed by atoms with Crippen LogP contribution in [-0.4, -0.2) is 62.3 Å². The molecule has 0 unspecified atom stereocenters. The van der Waals surface area contributed by atoms with Crippen molar-refractivity contribution in [3.8, 4) is 0 Å². The van der Waals surface area contributed by atoms with Crippen molar-refractivity contribution in [2.24, 2.45) is 7.05 Å². The van der Waals surface area contributed by atoms with Crippen LogP contribution in [-0.2, 0) is 11.8 Å². The summed E-state index contributed by atoms with van der Waals surface area (Å²) < 4.78 is 7.38. The van der Waals surface area contributed by atoms with Crippen LogP contribution >= 0.6 is 0 Å². The van der Waals surface area contributed by atoms with Crippen LogP contribution in [0.25, 0.3) is 0 Å². The lowest BCUT2D eigenvalue weighted by Crippen LogP contribution is -2.30. The SMILES string of the molecule is CO[C@@H]1CN(C(=O)c2cc(C3CC3)n(C)n2)C[C@H]1c1cn[nH]n1. The highest BCUT2D eigenvalue weighted by Crippen LogP contribution is 2.40. The fraction of sp³-hybridized carbons (Fsp3) is 0.600. The molecule has 8 nitrogen and oxygen atoms in total. The summed E-state index contributed by atoms with van der Waals surface area (Å²) in [7, 11) is 3.57. The first-order valence-corrected chi connectivity index (χ1v) is 7.89. The van der Waals surface area contributed by atoms with Gasteiger partial charge in [0.1, 0.15) is 0 Å². The van der Waals surface area contributed by atoms with Crippen molar-refractivity contribution in [3.63, 3.8) is 0 Å². The fourth-order valence-corrected chi connectivity index (χ4v) is 3.36. The number of ether oxygens (including phenoxy) is 1. The molecule has 3 heterocycles. The molecule has 1 amide bonds. The smallest absolute Gasteiger partial charge is 0.274 e. The van der Waals surface area contributed by atoms with Gasteiger partial charge in [0, 0.05) is 38.9 Å². The second-order valence-electron chi connectivity index (χ2n) is 6.34. The van der Waals surface area contributed by atoms with Crippen LogP contribution < -0.4 is 0 Å². The molecule has 0 spiro atoms. The Balaban J connectivity index is 1.53. The highest BCUT2D eigenvalue weighted by Gasteiger charge is 2.39. The van der Waals surface area contributed by atoms with Gasteiger partial charge in [-0.2, -0.15) is 20.5 Å². The van der Waals surface area contributed by atoms with Gasteiger partial charge in [-0.15, -0.1) is 0 Å². The molecule has 2 fully saturated rings. The molecule has 122 valence electrons. The van der Waals surface area contributed by atoms with Gasteiger partial charge in [0.2, 0.25) is 0 Å². The zero-order chi connectivity index (χ0) is 16.0. The van der Waals surface area contributed by atoms with Crippen molar-refractivity contribution in [3.05, 3.63) is 29.3 Å². The summed E-state index contributed by atoms with van der Waals surface area (Å²) in [6.45, 7) is 1.11. The minimum absolute atomic E-state index is 0.0364. The number of amides is 1. The Kier molecular flexibility index (Phi) is 3.41. The number of aromatic amines is 1. The molecule has 2 aromatic heterocycles. The molecule has 1 aliphatic carbocycles. The van der Waals surface area contributed by atoms with Crippen LogP contribution in [0.1, 0.15) is 46.6 Å². The Morgan fingerprint density at radius 3 is 2.87 bits per heavy atom. The monoisotopic (exact) mass is 316 g/mol. The predicted molar refractivity (Wildman–Crippen MR) is 81.0 cm³/mol. The third kappa shape index (κ3) is 2.52. The average molecular weight is 316 g/mol. The first-order chi connectivity index (χ1) is 11.2. The number of hydrogen-bond donors (Lipinski definition) is 1. The molecule has 1 aliphatic heterocycles. The summed E-state index contributed by atoms with van der Waals surface area (Å²) >= 11 is 0. The van der Waals surface area contributed by atoms with Crippen LogP contribution in [0.5, 0.6) is 0 Å². The predicted octanol–water partition coefficient (Wildman–Crippen LogP) is 0.670. The van der Waals surface area contributed by atoms with Crippen molar-refractivity contribution in [2.75, 3.05) is 20.2 Å². The second-order valence-corrected chi connectivity index (χ2v) is 6.34. The van der Waals surface area contributed by atoms with Crippen molar-refractivity contribution in [1.82, 2.24) is 30.1 Å². The lowest BCUT2D eigenvalue weighted by Gasteiger charge is -2.14. The topological polar surface area (TPSA) is 88.9 Å². The van der Waals surface area contributed by atoms with E-state index in [-0.39, 0.29) is 17.9 Å². The maximum Gasteiger partial charge on any atom is 0.274 e. The van der Waals surface area contributed by atoms with Crippen molar-refractivity contribution >= 4 is 5.91 Å². The normalized spacial score (nSPS) is 24.3. The summed E-state index contributed by atoms with van der Waals surface area (Å²) in [5.41, 5.74) is 2.50. The van der Waals surface area contributed by atoms with E-state index in [2.05, 4.69) is 20.5 Å². The molecule has 2 aliphatic rings. The standard InChI is InChI=1S/C15H20N6O2/c1-20-13(9-3-4-9)5-11(18-20)15(22)21-7-10(14(8-21)23-2)12-6-16-19-17-12/h5-6,9-10,14H,3-4,7-8H2,1-2H3,(H,16,17,19)/t10-,14+/m0/s1. The number of nitrogens with zero attached hydrogens (tertiary/aromatic N) is 5. The van der Waals surface area contributed by atoms with Gasteiger partial charge in [0.25, 0.3) is 5.91 Å². The van der Waals surface area contributed by atoms with Crippen LogP contribution in [0.3, 0.4) is 0 Å². The van der Waals surface area contributed by atoms with Crippen LogP contribution in [0.2, 0.25) is 0 Å². The highest BCUT2D eigenvalue weighted by atomic mass is 16.5. The maximum atomic E-state index is 12.8. The first-order valence-electron chi connectivity index (χ1n) is 7.89. The fourth-order valence-electron chi connectivity index (χ4n) is 3.36. The quantitative estimate of drug-likeness (QED) is 0.895. The van der Waals surface area contributed by atoms with Crippen LogP contribution in [0.4, 0.5) is 0 Å². The molecule has 0 bridgehead atoms. The number of aryl methyl sites for hydroxylation is 1. The van der Waals surface area contributed by atoms with E-state index in [4.69, 9.17) is 4.74 Å². The molecule has 2 atom stereocenters. The van der Waals surface area contributed by atoms with Gasteiger partial charge in [-0.05, 0) is 18.9 Å². The molecular formula is C15H20N6O2. The number of aromatic nitrogens is 5. The van der Waals surface area contributed by atoms with E-state index in [9.17, 15) is 4.79 Å². The van der Waals surface area contributed by atoms with Crippen molar-refractivity contribution < 1.29 is 9.53 Å². The van der Waals surface area contributed by atoms with Crippen LogP contribution in [0, 0.1) is 0 Å². The molecule has 0 radical (unpaired) electrons. The van der Waals surface area contributed by atoms with Gasteiger partial charge in [-0.3, -0.25) is 9.48 Å². The second kappa shape index (κ2) is 5.45. The average Bonchev–Trinajstić information content (AvgIpc) is 2.98.